The number of pyridine rings is 1. The van der Waals surface area contributed by atoms with Gasteiger partial charge in [0.2, 0.25) is 0 Å². The first-order valence-electron chi connectivity index (χ1n) is 4.39. The molecule has 0 saturated carbocycles. The maximum atomic E-state index is 11.0. The van der Waals surface area contributed by atoms with E-state index in [-0.39, 0.29) is 0 Å². The molecule has 76 valence electrons. The van der Waals surface area contributed by atoms with E-state index in [2.05, 4.69) is 4.98 Å². The Balaban J connectivity index is 2.83. The Labute approximate surface area is 91.1 Å². The number of carboxylic acids is 1. The third-order valence-electron chi connectivity index (χ3n) is 2.18. The van der Waals surface area contributed by atoms with Gasteiger partial charge in [0.1, 0.15) is 0 Å². The zero-order valence-corrected chi connectivity index (χ0v) is 8.91. The van der Waals surface area contributed by atoms with Gasteiger partial charge >= 0.3 is 5.97 Å². The van der Waals surface area contributed by atoms with Gasteiger partial charge in [0.15, 0.2) is 0 Å². The highest BCUT2D eigenvalue weighted by Crippen LogP contribution is 2.26. The Hall–Kier alpha value is -1.55. The summed E-state index contributed by atoms with van der Waals surface area (Å²) in [5.41, 5.74) is 1.06. The summed E-state index contributed by atoms with van der Waals surface area (Å²) in [6.07, 6.45) is 3.62. The van der Waals surface area contributed by atoms with Crippen LogP contribution in [0.5, 0.6) is 0 Å². The molecule has 0 aliphatic heterocycles. The first kappa shape index (κ1) is 9.98. The van der Waals surface area contributed by atoms with Crippen molar-refractivity contribution in [1.82, 2.24) is 4.98 Å². The predicted octanol–water partition coefficient (Wildman–Crippen LogP) is 2.65. The number of carboxylic acid groups (broad SMARTS) is 1. The van der Waals surface area contributed by atoms with Gasteiger partial charge in [0.05, 0.1) is 11.1 Å². The smallest absolute Gasteiger partial charge is 0.336 e. The van der Waals surface area contributed by atoms with Crippen molar-refractivity contribution >= 4 is 28.6 Å². The molecular formula is C11H9NO2S. The summed E-state index contributed by atoms with van der Waals surface area (Å²) in [5, 5.41) is 9.70. The first-order valence-corrected chi connectivity index (χ1v) is 5.61. The molecule has 0 unspecified atom stereocenters. The van der Waals surface area contributed by atoms with Crippen LogP contribution in [0.15, 0.2) is 35.4 Å². The molecule has 1 N–H and O–H groups in total. The fourth-order valence-corrected chi connectivity index (χ4v) is 2.06. The SMILES string of the molecule is CSc1ccc(C(=O)O)c2cccnc12. The van der Waals surface area contributed by atoms with E-state index in [9.17, 15) is 4.79 Å². The van der Waals surface area contributed by atoms with Gasteiger partial charge in [-0.3, -0.25) is 4.98 Å². The van der Waals surface area contributed by atoms with E-state index in [1.807, 2.05) is 6.26 Å². The van der Waals surface area contributed by atoms with Gasteiger partial charge in [-0.1, -0.05) is 6.07 Å². The minimum Gasteiger partial charge on any atom is -0.478 e. The highest BCUT2D eigenvalue weighted by molar-refractivity contribution is 7.98. The van der Waals surface area contributed by atoms with E-state index in [4.69, 9.17) is 5.11 Å². The number of hydrogen-bond donors (Lipinski definition) is 1. The number of thioether (sulfide) groups is 1. The lowest BCUT2D eigenvalue weighted by Crippen LogP contribution is -1.98. The maximum Gasteiger partial charge on any atom is 0.336 e. The van der Waals surface area contributed by atoms with Crippen molar-refractivity contribution in [2.45, 2.75) is 4.90 Å². The molecule has 0 amide bonds. The molecular weight excluding hydrogens is 210 g/mol. The molecule has 0 fully saturated rings. The lowest BCUT2D eigenvalue weighted by Gasteiger charge is -2.05. The van der Waals surface area contributed by atoms with Crippen molar-refractivity contribution in [3.8, 4) is 0 Å². The zero-order valence-electron chi connectivity index (χ0n) is 8.10. The lowest BCUT2D eigenvalue weighted by molar-refractivity contribution is 0.0699. The highest BCUT2D eigenvalue weighted by atomic mass is 32.2. The molecule has 0 radical (unpaired) electrons. The highest BCUT2D eigenvalue weighted by Gasteiger charge is 2.10. The molecule has 1 aromatic carbocycles. The third kappa shape index (κ3) is 1.68. The Bertz CT molecular complexity index is 525. The van der Waals surface area contributed by atoms with Crippen LogP contribution in [0.25, 0.3) is 10.9 Å². The lowest BCUT2D eigenvalue weighted by atomic mass is 10.1. The van der Waals surface area contributed by atoms with Crippen LogP contribution >= 0.6 is 11.8 Å². The minimum atomic E-state index is -0.916. The fourth-order valence-electron chi connectivity index (χ4n) is 1.50. The van der Waals surface area contributed by atoms with Crippen LogP contribution in [0.3, 0.4) is 0 Å². The second kappa shape index (κ2) is 3.90. The molecule has 0 aliphatic carbocycles. The number of benzene rings is 1. The van der Waals surface area contributed by atoms with E-state index in [0.29, 0.717) is 10.9 Å². The molecule has 1 aromatic heterocycles. The van der Waals surface area contributed by atoms with Gasteiger partial charge in [-0.15, -0.1) is 11.8 Å². The topological polar surface area (TPSA) is 50.2 Å². The van der Waals surface area contributed by atoms with Gasteiger partial charge in [-0.2, -0.15) is 0 Å². The summed E-state index contributed by atoms with van der Waals surface area (Å²) in [4.78, 5) is 16.2. The average Bonchev–Trinajstić information content (AvgIpc) is 2.27. The number of hydrogen-bond acceptors (Lipinski definition) is 3. The zero-order chi connectivity index (χ0) is 10.8. The summed E-state index contributed by atoms with van der Waals surface area (Å²) in [6.45, 7) is 0. The summed E-state index contributed by atoms with van der Waals surface area (Å²) in [7, 11) is 0. The Morgan fingerprint density at radius 3 is 2.87 bits per heavy atom. The maximum absolute atomic E-state index is 11.0. The van der Waals surface area contributed by atoms with Gasteiger partial charge in [-0.25, -0.2) is 4.79 Å². The molecule has 0 spiro atoms. The summed E-state index contributed by atoms with van der Waals surface area (Å²) in [5.74, 6) is -0.916. The average molecular weight is 219 g/mol. The fraction of sp³-hybridized carbons (Fsp3) is 0.0909. The number of aromatic carboxylic acids is 1. The van der Waals surface area contributed by atoms with Crippen molar-refractivity contribution in [3.63, 3.8) is 0 Å². The summed E-state index contributed by atoms with van der Waals surface area (Å²) in [6, 6.07) is 6.95. The van der Waals surface area contributed by atoms with Crippen LogP contribution in [-0.2, 0) is 0 Å². The summed E-state index contributed by atoms with van der Waals surface area (Å²) < 4.78 is 0. The molecule has 2 aromatic rings. The minimum absolute atomic E-state index is 0.302. The monoisotopic (exact) mass is 219 g/mol. The van der Waals surface area contributed by atoms with E-state index in [1.165, 1.54) is 0 Å². The van der Waals surface area contributed by atoms with Crippen molar-refractivity contribution in [2.24, 2.45) is 0 Å². The van der Waals surface area contributed by atoms with Gasteiger partial charge < -0.3 is 5.11 Å². The largest absolute Gasteiger partial charge is 0.478 e. The summed E-state index contributed by atoms with van der Waals surface area (Å²) >= 11 is 1.56. The molecule has 3 nitrogen and oxygen atoms in total. The second-order valence-corrected chi connectivity index (χ2v) is 3.87. The van der Waals surface area contributed by atoms with Gasteiger partial charge in [0, 0.05) is 16.5 Å². The van der Waals surface area contributed by atoms with Crippen molar-refractivity contribution in [2.75, 3.05) is 6.26 Å². The molecule has 4 heteroatoms. The van der Waals surface area contributed by atoms with Crippen molar-refractivity contribution in [3.05, 3.63) is 36.0 Å². The van der Waals surface area contributed by atoms with E-state index >= 15 is 0 Å². The number of nitrogens with zero attached hydrogens (tertiary/aromatic N) is 1. The predicted molar refractivity (Wildman–Crippen MR) is 60.5 cm³/mol. The molecule has 0 aliphatic rings. The molecule has 15 heavy (non-hydrogen) atoms. The number of fused-ring (bicyclic) bond motifs is 1. The number of carbonyl (C=O) groups is 1. The molecule has 0 saturated heterocycles. The van der Waals surface area contributed by atoms with E-state index in [1.54, 1.807) is 42.2 Å². The first-order chi connectivity index (χ1) is 7.24. The van der Waals surface area contributed by atoms with Crippen LogP contribution in [0.1, 0.15) is 10.4 Å². The quantitative estimate of drug-likeness (QED) is 0.789. The Kier molecular flexibility index (Phi) is 2.60. The van der Waals surface area contributed by atoms with Crippen LogP contribution in [0.2, 0.25) is 0 Å². The molecule has 2 rings (SSSR count). The third-order valence-corrected chi connectivity index (χ3v) is 2.95. The Morgan fingerprint density at radius 2 is 2.20 bits per heavy atom. The molecule has 0 atom stereocenters. The van der Waals surface area contributed by atoms with Crippen LogP contribution in [0.4, 0.5) is 0 Å². The van der Waals surface area contributed by atoms with Gasteiger partial charge in [0.25, 0.3) is 0 Å². The van der Waals surface area contributed by atoms with Gasteiger partial charge in [-0.05, 0) is 24.5 Å². The van der Waals surface area contributed by atoms with Crippen molar-refractivity contribution < 1.29 is 9.90 Å². The molecule has 1 heterocycles. The standard InChI is InChI=1S/C11H9NO2S/c1-15-9-5-4-8(11(13)14)7-3-2-6-12-10(7)9/h2-6H,1H3,(H,13,14). The number of aromatic nitrogens is 1. The van der Waals surface area contributed by atoms with Crippen LogP contribution in [0, 0.1) is 0 Å². The normalized spacial score (nSPS) is 10.5. The van der Waals surface area contributed by atoms with E-state index in [0.717, 1.165) is 10.4 Å². The Morgan fingerprint density at radius 1 is 1.40 bits per heavy atom. The molecule has 0 bridgehead atoms. The van der Waals surface area contributed by atoms with Crippen LogP contribution < -0.4 is 0 Å². The van der Waals surface area contributed by atoms with E-state index < -0.39 is 5.97 Å². The number of rotatable bonds is 2. The second-order valence-electron chi connectivity index (χ2n) is 3.02. The van der Waals surface area contributed by atoms with Crippen LogP contribution in [-0.4, -0.2) is 22.3 Å². The van der Waals surface area contributed by atoms with Crippen molar-refractivity contribution in [1.29, 1.82) is 0 Å².